The molecule has 162 valence electrons. The van der Waals surface area contributed by atoms with Crippen LogP contribution in [0.1, 0.15) is 6.92 Å². The summed E-state index contributed by atoms with van der Waals surface area (Å²) in [7, 11) is 0. The number of rotatable bonds is 9. The fourth-order valence-corrected chi connectivity index (χ4v) is 3.36. The molecule has 1 N–H and O–H groups in total. The molecule has 0 unspecified atom stereocenters. The lowest BCUT2D eigenvalue weighted by Crippen LogP contribution is -2.13. The first-order valence-electron chi connectivity index (χ1n) is 10.0. The third kappa shape index (κ3) is 5.89. The number of para-hydroxylation sites is 1. The van der Waals surface area contributed by atoms with Gasteiger partial charge in [0.25, 0.3) is 5.22 Å². The Morgan fingerprint density at radius 2 is 1.59 bits per heavy atom. The highest BCUT2D eigenvalue weighted by Crippen LogP contribution is 2.26. The second kappa shape index (κ2) is 10.5. The number of carbonyl (C=O) groups excluding carboxylic acids is 1. The van der Waals surface area contributed by atoms with Crippen LogP contribution in [0.25, 0.3) is 11.5 Å². The van der Waals surface area contributed by atoms with E-state index in [0.717, 1.165) is 17.1 Å². The van der Waals surface area contributed by atoms with Gasteiger partial charge in [0.2, 0.25) is 11.8 Å². The first kappa shape index (κ1) is 21.5. The zero-order valence-electron chi connectivity index (χ0n) is 17.4. The molecular formula is C24H21N3O4S. The van der Waals surface area contributed by atoms with Gasteiger partial charge in [-0.1, -0.05) is 30.0 Å². The summed E-state index contributed by atoms with van der Waals surface area (Å²) in [6, 6.07) is 24.1. The second-order valence-corrected chi connectivity index (χ2v) is 7.53. The van der Waals surface area contributed by atoms with E-state index in [2.05, 4.69) is 15.5 Å². The molecule has 3 aromatic carbocycles. The normalized spacial score (nSPS) is 10.5. The van der Waals surface area contributed by atoms with Crippen LogP contribution in [0.5, 0.6) is 17.2 Å². The Bertz CT molecular complexity index is 1150. The van der Waals surface area contributed by atoms with E-state index < -0.39 is 0 Å². The third-order valence-electron chi connectivity index (χ3n) is 4.26. The quantitative estimate of drug-likeness (QED) is 0.331. The van der Waals surface area contributed by atoms with Gasteiger partial charge in [0.15, 0.2) is 0 Å². The van der Waals surface area contributed by atoms with Gasteiger partial charge in [0.05, 0.1) is 12.4 Å². The van der Waals surface area contributed by atoms with Gasteiger partial charge in [-0.3, -0.25) is 4.79 Å². The SMILES string of the molecule is CCOc1ccc(-c2nnc(SCC(=O)Nc3ccc(Oc4ccccc4)cc3)o2)cc1. The largest absolute Gasteiger partial charge is 0.494 e. The first-order chi connectivity index (χ1) is 15.7. The van der Waals surface area contributed by atoms with Gasteiger partial charge in [-0.05, 0) is 67.6 Å². The van der Waals surface area contributed by atoms with E-state index in [0.29, 0.717) is 29.2 Å². The summed E-state index contributed by atoms with van der Waals surface area (Å²) in [4.78, 5) is 12.3. The Kier molecular flexibility index (Phi) is 7.04. The van der Waals surface area contributed by atoms with Crippen molar-refractivity contribution < 1.29 is 18.7 Å². The van der Waals surface area contributed by atoms with E-state index in [1.807, 2.05) is 61.5 Å². The molecule has 1 heterocycles. The van der Waals surface area contributed by atoms with Crippen molar-refractivity contribution in [1.29, 1.82) is 0 Å². The lowest BCUT2D eigenvalue weighted by molar-refractivity contribution is -0.113. The minimum Gasteiger partial charge on any atom is -0.494 e. The summed E-state index contributed by atoms with van der Waals surface area (Å²) in [5.74, 6) is 2.59. The first-order valence-corrected chi connectivity index (χ1v) is 11.0. The van der Waals surface area contributed by atoms with Crippen molar-refractivity contribution in [3.8, 4) is 28.7 Å². The zero-order chi connectivity index (χ0) is 22.2. The average molecular weight is 448 g/mol. The van der Waals surface area contributed by atoms with Gasteiger partial charge in [-0.25, -0.2) is 0 Å². The summed E-state index contributed by atoms with van der Waals surface area (Å²) in [6.07, 6.45) is 0. The molecule has 8 heteroatoms. The van der Waals surface area contributed by atoms with Crippen molar-refractivity contribution >= 4 is 23.4 Å². The number of aromatic nitrogens is 2. The van der Waals surface area contributed by atoms with Gasteiger partial charge < -0.3 is 19.2 Å². The predicted molar refractivity (Wildman–Crippen MR) is 123 cm³/mol. The van der Waals surface area contributed by atoms with Gasteiger partial charge in [-0.2, -0.15) is 0 Å². The Morgan fingerprint density at radius 1 is 0.906 bits per heavy atom. The molecule has 0 saturated carbocycles. The molecule has 0 aliphatic heterocycles. The molecule has 0 spiro atoms. The number of carbonyl (C=O) groups is 1. The minimum atomic E-state index is -0.174. The van der Waals surface area contributed by atoms with Crippen LogP contribution >= 0.6 is 11.8 Å². The molecule has 4 aromatic rings. The Balaban J connectivity index is 1.27. The van der Waals surface area contributed by atoms with E-state index in [4.69, 9.17) is 13.9 Å². The molecule has 7 nitrogen and oxygen atoms in total. The fraction of sp³-hybridized carbons (Fsp3) is 0.125. The Morgan fingerprint density at radius 3 is 2.31 bits per heavy atom. The summed E-state index contributed by atoms with van der Waals surface area (Å²) in [5, 5.41) is 11.2. The van der Waals surface area contributed by atoms with Crippen LogP contribution in [0, 0.1) is 0 Å². The van der Waals surface area contributed by atoms with Crippen LogP contribution in [0.2, 0.25) is 0 Å². The average Bonchev–Trinajstić information content (AvgIpc) is 3.30. The van der Waals surface area contributed by atoms with Gasteiger partial charge in [0.1, 0.15) is 17.2 Å². The molecule has 0 bridgehead atoms. The van der Waals surface area contributed by atoms with E-state index in [9.17, 15) is 4.79 Å². The smallest absolute Gasteiger partial charge is 0.277 e. The number of anilines is 1. The monoisotopic (exact) mass is 447 g/mol. The van der Waals surface area contributed by atoms with Gasteiger partial charge in [-0.15, -0.1) is 10.2 Å². The number of ether oxygens (including phenoxy) is 2. The van der Waals surface area contributed by atoms with E-state index in [-0.39, 0.29) is 11.7 Å². The summed E-state index contributed by atoms with van der Waals surface area (Å²) < 4.78 is 16.8. The Labute approximate surface area is 189 Å². The molecule has 0 saturated heterocycles. The maximum absolute atomic E-state index is 12.3. The highest BCUT2D eigenvalue weighted by Gasteiger charge is 2.12. The van der Waals surface area contributed by atoms with Crippen molar-refractivity contribution in [2.45, 2.75) is 12.1 Å². The molecule has 1 amide bonds. The topological polar surface area (TPSA) is 86.5 Å². The van der Waals surface area contributed by atoms with Crippen LogP contribution in [0.4, 0.5) is 5.69 Å². The summed E-state index contributed by atoms with van der Waals surface area (Å²) in [6.45, 7) is 2.54. The van der Waals surface area contributed by atoms with Gasteiger partial charge in [0, 0.05) is 11.3 Å². The summed E-state index contributed by atoms with van der Waals surface area (Å²) in [5.41, 5.74) is 1.46. The summed E-state index contributed by atoms with van der Waals surface area (Å²) >= 11 is 1.18. The van der Waals surface area contributed by atoms with Crippen LogP contribution in [0.3, 0.4) is 0 Å². The van der Waals surface area contributed by atoms with Crippen LogP contribution < -0.4 is 14.8 Å². The fourth-order valence-electron chi connectivity index (χ4n) is 2.80. The van der Waals surface area contributed by atoms with E-state index >= 15 is 0 Å². The second-order valence-electron chi connectivity index (χ2n) is 6.61. The molecule has 0 aliphatic carbocycles. The third-order valence-corrected chi connectivity index (χ3v) is 5.08. The number of hydrogen-bond acceptors (Lipinski definition) is 7. The number of hydrogen-bond donors (Lipinski definition) is 1. The molecule has 32 heavy (non-hydrogen) atoms. The van der Waals surface area contributed by atoms with Crippen molar-refractivity contribution in [1.82, 2.24) is 10.2 Å². The van der Waals surface area contributed by atoms with Crippen molar-refractivity contribution in [2.24, 2.45) is 0 Å². The molecule has 0 aliphatic rings. The van der Waals surface area contributed by atoms with Crippen molar-refractivity contribution in [2.75, 3.05) is 17.7 Å². The lowest BCUT2D eigenvalue weighted by atomic mass is 10.2. The number of nitrogens with zero attached hydrogens (tertiary/aromatic N) is 2. The minimum absolute atomic E-state index is 0.146. The van der Waals surface area contributed by atoms with Crippen molar-refractivity contribution in [3.63, 3.8) is 0 Å². The number of nitrogens with one attached hydrogen (secondary N) is 1. The molecular weight excluding hydrogens is 426 g/mol. The number of benzene rings is 3. The van der Waals surface area contributed by atoms with Crippen LogP contribution in [-0.2, 0) is 4.79 Å². The molecule has 0 radical (unpaired) electrons. The maximum atomic E-state index is 12.3. The number of amides is 1. The van der Waals surface area contributed by atoms with E-state index in [1.54, 1.807) is 24.3 Å². The van der Waals surface area contributed by atoms with E-state index in [1.165, 1.54) is 11.8 Å². The van der Waals surface area contributed by atoms with Crippen LogP contribution in [0.15, 0.2) is 88.5 Å². The molecule has 1 aromatic heterocycles. The highest BCUT2D eigenvalue weighted by atomic mass is 32.2. The lowest BCUT2D eigenvalue weighted by Gasteiger charge is -2.07. The highest BCUT2D eigenvalue weighted by molar-refractivity contribution is 7.99. The number of thioether (sulfide) groups is 1. The van der Waals surface area contributed by atoms with Crippen LogP contribution in [-0.4, -0.2) is 28.5 Å². The predicted octanol–water partition coefficient (Wildman–Crippen LogP) is 5.66. The zero-order valence-corrected chi connectivity index (χ0v) is 18.2. The van der Waals surface area contributed by atoms with Crippen molar-refractivity contribution in [3.05, 3.63) is 78.9 Å². The Hall–Kier alpha value is -3.78. The maximum Gasteiger partial charge on any atom is 0.277 e. The molecule has 4 rings (SSSR count). The molecule has 0 atom stereocenters. The van der Waals surface area contributed by atoms with Gasteiger partial charge >= 0.3 is 0 Å². The molecule has 0 fully saturated rings. The standard InChI is InChI=1S/C24H21N3O4S/c1-2-29-19-12-8-17(9-13-19)23-26-27-24(31-23)32-16-22(28)25-18-10-14-21(15-11-18)30-20-6-4-3-5-7-20/h3-15H,2,16H2,1H3,(H,25,28).